The van der Waals surface area contributed by atoms with Crippen LogP contribution in [0.15, 0.2) is 60.9 Å². The van der Waals surface area contributed by atoms with Crippen molar-refractivity contribution < 1.29 is 55.3 Å². The Morgan fingerprint density at radius 1 is 0.875 bits per heavy atom. The molecule has 0 saturated carbocycles. The molecule has 0 bridgehead atoms. The summed E-state index contributed by atoms with van der Waals surface area (Å²) in [5, 5.41) is 15.3. The van der Waals surface area contributed by atoms with Crippen molar-refractivity contribution >= 4 is 33.5 Å². The maximum Gasteiger partial charge on any atom is 0.490 e. The van der Waals surface area contributed by atoms with Gasteiger partial charge in [0.1, 0.15) is 16.6 Å². The highest BCUT2D eigenvalue weighted by atomic mass is 32.1. The standard InChI is InChI=1S/C21H15FN2OS.2C2HF3O2/c22-17-2-4-19-15(10-17)9-16(12-25-19)21-24-18-3-1-14(11-20(18)26-21)13-5-7-23-8-6-13;2*3-2(4,5)1(6)7/h1-8,10-11,16H,9,12H2;2*(H,6,7). The van der Waals surface area contributed by atoms with Gasteiger partial charge in [0.2, 0.25) is 0 Å². The molecule has 2 aromatic carbocycles. The third-order valence-electron chi connectivity index (χ3n) is 5.18. The van der Waals surface area contributed by atoms with Gasteiger partial charge in [-0.25, -0.2) is 19.0 Å². The SMILES string of the molecule is Fc1ccc2c(c1)CC(c1nc3ccc(-c4ccncc4)cc3s1)CO2.O=C(O)C(F)(F)F.O=C(O)C(F)(F)F. The van der Waals surface area contributed by atoms with Crippen LogP contribution in [0.4, 0.5) is 30.7 Å². The van der Waals surface area contributed by atoms with Gasteiger partial charge in [-0.3, -0.25) is 4.98 Å². The number of rotatable bonds is 2. The Labute approximate surface area is 224 Å². The number of ether oxygens (including phenoxy) is 1. The molecule has 0 fully saturated rings. The van der Waals surface area contributed by atoms with Crippen LogP contribution in [0, 0.1) is 5.82 Å². The fraction of sp³-hybridized carbons (Fsp3) is 0.200. The van der Waals surface area contributed by atoms with E-state index in [0.717, 1.165) is 44.1 Å². The minimum atomic E-state index is -5.08. The largest absolute Gasteiger partial charge is 0.493 e. The summed E-state index contributed by atoms with van der Waals surface area (Å²) in [7, 11) is 0. The monoisotopic (exact) mass is 590 g/mol. The van der Waals surface area contributed by atoms with Crippen LogP contribution in [0.25, 0.3) is 21.3 Å². The number of aromatic nitrogens is 2. The molecule has 2 aromatic heterocycles. The van der Waals surface area contributed by atoms with Crippen molar-refractivity contribution in [3.63, 3.8) is 0 Å². The van der Waals surface area contributed by atoms with Crippen LogP contribution in [0.3, 0.4) is 0 Å². The molecule has 40 heavy (non-hydrogen) atoms. The fourth-order valence-electron chi connectivity index (χ4n) is 3.36. The van der Waals surface area contributed by atoms with Crippen LogP contribution in [0.1, 0.15) is 16.5 Å². The summed E-state index contributed by atoms with van der Waals surface area (Å²) in [5.74, 6) is -4.80. The number of carboxylic acid groups (broad SMARTS) is 2. The highest BCUT2D eigenvalue weighted by Gasteiger charge is 2.38. The van der Waals surface area contributed by atoms with E-state index in [2.05, 4.69) is 23.2 Å². The summed E-state index contributed by atoms with van der Waals surface area (Å²) in [5.41, 5.74) is 4.20. The van der Waals surface area contributed by atoms with E-state index in [9.17, 15) is 30.7 Å². The Morgan fingerprint density at radius 3 is 2.05 bits per heavy atom. The van der Waals surface area contributed by atoms with Crippen molar-refractivity contribution in [2.45, 2.75) is 24.7 Å². The third-order valence-corrected chi connectivity index (χ3v) is 6.36. The summed E-state index contributed by atoms with van der Waals surface area (Å²) in [6.45, 7) is 0.579. The quantitative estimate of drug-likeness (QED) is 0.257. The average molecular weight is 590 g/mol. The first-order chi connectivity index (χ1) is 18.6. The topological polar surface area (TPSA) is 110 Å². The molecule has 1 aliphatic heterocycles. The van der Waals surface area contributed by atoms with Crippen molar-refractivity contribution in [2.75, 3.05) is 6.61 Å². The van der Waals surface area contributed by atoms with Gasteiger partial charge >= 0.3 is 24.3 Å². The van der Waals surface area contributed by atoms with Gasteiger partial charge < -0.3 is 14.9 Å². The van der Waals surface area contributed by atoms with E-state index in [1.54, 1.807) is 35.9 Å². The van der Waals surface area contributed by atoms with E-state index >= 15 is 0 Å². The molecule has 15 heteroatoms. The number of aliphatic carboxylic acids is 2. The lowest BCUT2D eigenvalue weighted by molar-refractivity contribution is -0.193. The molecule has 212 valence electrons. The number of benzene rings is 2. The molecular formula is C25H17F7N2O5S. The van der Waals surface area contributed by atoms with Gasteiger partial charge in [0.15, 0.2) is 0 Å². The second-order valence-corrected chi connectivity index (χ2v) is 9.10. The number of thiazole rings is 1. The second-order valence-electron chi connectivity index (χ2n) is 8.04. The normalized spacial score (nSPS) is 14.5. The number of alkyl halides is 6. The zero-order chi connectivity index (χ0) is 29.7. The summed E-state index contributed by atoms with van der Waals surface area (Å²) in [4.78, 5) is 26.7. The van der Waals surface area contributed by atoms with Crippen molar-refractivity contribution in [3.8, 4) is 16.9 Å². The van der Waals surface area contributed by atoms with E-state index in [-0.39, 0.29) is 11.7 Å². The summed E-state index contributed by atoms with van der Waals surface area (Å²) >= 11 is 1.69. The predicted octanol–water partition coefficient (Wildman–Crippen LogP) is 6.48. The van der Waals surface area contributed by atoms with Gasteiger partial charge in [0.05, 0.1) is 16.8 Å². The number of carbonyl (C=O) groups is 2. The molecule has 3 heterocycles. The Morgan fingerprint density at radius 2 is 1.48 bits per heavy atom. The smallest absolute Gasteiger partial charge is 0.490 e. The minimum Gasteiger partial charge on any atom is -0.493 e. The number of hydrogen-bond donors (Lipinski definition) is 2. The van der Waals surface area contributed by atoms with E-state index in [0.29, 0.717) is 6.61 Å². The number of hydrogen-bond acceptors (Lipinski definition) is 6. The molecule has 0 amide bonds. The molecular weight excluding hydrogens is 573 g/mol. The zero-order valence-corrected chi connectivity index (χ0v) is 20.6. The molecule has 2 N–H and O–H groups in total. The van der Waals surface area contributed by atoms with E-state index < -0.39 is 24.3 Å². The molecule has 4 aromatic rings. The Bertz CT molecular complexity index is 1470. The first-order valence-corrected chi connectivity index (χ1v) is 11.8. The van der Waals surface area contributed by atoms with Crippen LogP contribution in [0.2, 0.25) is 0 Å². The molecule has 7 nitrogen and oxygen atoms in total. The molecule has 1 atom stereocenters. The average Bonchev–Trinajstić information content (AvgIpc) is 3.32. The van der Waals surface area contributed by atoms with Gasteiger partial charge in [-0.1, -0.05) is 6.07 Å². The molecule has 1 unspecified atom stereocenters. The zero-order valence-electron chi connectivity index (χ0n) is 19.8. The van der Waals surface area contributed by atoms with Gasteiger partial charge in [-0.05, 0) is 65.6 Å². The number of halogens is 7. The third kappa shape index (κ3) is 8.11. The summed E-state index contributed by atoms with van der Waals surface area (Å²) in [6, 6.07) is 15.0. The predicted molar refractivity (Wildman–Crippen MR) is 129 cm³/mol. The highest BCUT2D eigenvalue weighted by molar-refractivity contribution is 7.18. The van der Waals surface area contributed by atoms with Crippen molar-refractivity contribution in [1.29, 1.82) is 0 Å². The van der Waals surface area contributed by atoms with Gasteiger partial charge in [-0.2, -0.15) is 26.3 Å². The van der Waals surface area contributed by atoms with E-state index in [1.165, 1.54) is 6.07 Å². The van der Waals surface area contributed by atoms with Crippen molar-refractivity contribution in [1.82, 2.24) is 9.97 Å². The number of fused-ring (bicyclic) bond motifs is 2. The number of nitrogens with zero attached hydrogens (tertiary/aromatic N) is 2. The Hall–Kier alpha value is -4.27. The summed E-state index contributed by atoms with van der Waals surface area (Å²) in [6.07, 6.45) is -5.81. The van der Waals surface area contributed by atoms with Gasteiger partial charge in [0, 0.05) is 18.3 Å². The first-order valence-electron chi connectivity index (χ1n) is 11.0. The van der Waals surface area contributed by atoms with Crippen molar-refractivity contribution in [2.24, 2.45) is 0 Å². The lowest BCUT2D eigenvalue weighted by Crippen LogP contribution is -2.21. The van der Waals surface area contributed by atoms with Crippen molar-refractivity contribution in [3.05, 3.63) is 77.3 Å². The molecule has 5 rings (SSSR count). The first kappa shape index (κ1) is 30.3. The highest BCUT2D eigenvalue weighted by Crippen LogP contribution is 2.37. The maximum atomic E-state index is 13.5. The van der Waals surface area contributed by atoms with Crippen LogP contribution in [-0.2, 0) is 16.0 Å². The Balaban J connectivity index is 0.000000263. The van der Waals surface area contributed by atoms with E-state index in [4.69, 9.17) is 29.5 Å². The lowest BCUT2D eigenvalue weighted by Gasteiger charge is -2.23. The summed E-state index contributed by atoms with van der Waals surface area (Å²) < 4.78 is 84.0. The van der Waals surface area contributed by atoms with Crippen LogP contribution >= 0.6 is 11.3 Å². The Kier molecular flexibility index (Phi) is 9.29. The van der Waals surface area contributed by atoms with Crippen LogP contribution < -0.4 is 4.74 Å². The molecule has 0 aliphatic carbocycles. The minimum absolute atomic E-state index is 0.158. The number of carboxylic acids is 2. The van der Waals surface area contributed by atoms with Crippen LogP contribution in [0.5, 0.6) is 5.75 Å². The fourth-order valence-corrected chi connectivity index (χ4v) is 4.45. The molecule has 0 spiro atoms. The lowest BCUT2D eigenvalue weighted by atomic mass is 9.97. The van der Waals surface area contributed by atoms with E-state index in [1.807, 2.05) is 12.1 Å². The second kappa shape index (κ2) is 12.3. The van der Waals surface area contributed by atoms with Gasteiger partial charge in [0.25, 0.3) is 0 Å². The molecule has 1 aliphatic rings. The van der Waals surface area contributed by atoms with Crippen LogP contribution in [-0.4, -0.2) is 51.1 Å². The number of pyridine rings is 1. The maximum absolute atomic E-state index is 13.5. The molecule has 0 radical (unpaired) electrons. The van der Waals surface area contributed by atoms with Gasteiger partial charge in [-0.15, -0.1) is 11.3 Å². The molecule has 0 saturated heterocycles.